The van der Waals surface area contributed by atoms with Gasteiger partial charge in [-0.1, -0.05) is 6.07 Å². The number of nitrogens with zero attached hydrogens (tertiary/aromatic N) is 2. The minimum absolute atomic E-state index is 0.310. The average Bonchev–Trinajstić information content (AvgIpc) is 2.64. The molecule has 0 atom stereocenters. The van der Waals surface area contributed by atoms with Gasteiger partial charge in [-0.05, 0) is 13.0 Å². The van der Waals surface area contributed by atoms with Gasteiger partial charge in [-0.3, -0.25) is 0 Å². The molecule has 0 saturated carbocycles. The van der Waals surface area contributed by atoms with Gasteiger partial charge in [0.25, 0.3) is 0 Å². The van der Waals surface area contributed by atoms with Crippen molar-refractivity contribution in [2.75, 3.05) is 0 Å². The molecule has 5 heteroatoms. The van der Waals surface area contributed by atoms with Crippen LogP contribution in [0.3, 0.4) is 0 Å². The van der Waals surface area contributed by atoms with Gasteiger partial charge in [-0.25, -0.2) is 13.8 Å². The second-order valence-corrected chi connectivity index (χ2v) is 3.82. The topological polar surface area (TPSA) is 43.8 Å². The monoisotopic (exact) mass is 237 g/mol. The first-order valence-corrected chi connectivity index (χ1v) is 5.27. The first-order chi connectivity index (χ1) is 8.11. The molecule has 0 amide bonds. The Hall–Kier alpha value is -1.75. The van der Waals surface area contributed by atoms with Crippen molar-refractivity contribution in [3.63, 3.8) is 0 Å². The molecule has 0 aliphatic rings. The van der Waals surface area contributed by atoms with Crippen molar-refractivity contribution in [1.29, 1.82) is 0 Å². The predicted molar refractivity (Wildman–Crippen MR) is 60.3 cm³/mol. The number of hydrogen-bond acceptors (Lipinski definition) is 2. The molecule has 0 unspecified atom stereocenters. The van der Waals surface area contributed by atoms with Crippen LogP contribution < -0.4 is 5.73 Å². The largest absolute Gasteiger partial charge is 0.326 e. The molecular formula is C12H13F2N3. The molecular weight excluding hydrogens is 224 g/mol. The zero-order chi connectivity index (χ0) is 12.4. The van der Waals surface area contributed by atoms with Gasteiger partial charge >= 0.3 is 0 Å². The normalized spacial score (nSPS) is 10.8. The highest BCUT2D eigenvalue weighted by Crippen LogP contribution is 2.14. The van der Waals surface area contributed by atoms with E-state index in [9.17, 15) is 8.78 Å². The van der Waals surface area contributed by atoms with Gasteiger partial charge in [0, 0.05) is 24.4 Å². The predicted octanol–water partition coefficient (Wildman–Crippen LogP) is 1.98. The van der Waals surface area contributed by atoms with Crippen LogP contribution in [0.1, 0.15) is 17.1 Å². The van der Waals surface area contributed by atoms with Gasteiger partial charge in [0.2, 0.25) is 0 Å². The van der Waals surface area contributed by atoms with Gasteiger partial charge in [-0.2, -0.15) is 0 Å². The van der Waals surface area contributed by atoms with E-state index in [1.807, 2.05) is 11.5 Å². The van der Waals surface area contributed by atoms with E-state index in [0.29, 0.717) is 18.7 Å². The number of aryl methyl sites for hydroxylation is 1. The minimum Gasteiger partial charge on any atom is -0.326 e. The molecule has 3 nitrogen and oxygen atoms in total. The third kappa shape index (κ3) is 2.34. The molecule has 2 N–H and O–H groups in total. The molecule has 0 bridgehead atoms. The molecule has 0 aliphatic carbocycles. The first kappa shape index (κ1) is 11.7. The molecule has 2 rings (SSSR count). The second kappa shape index (κ2) is 4.63. The molecule has 1 aromatic carbocycles. The maximum atomic E-state index is 13.5. The molecule has 0 saturated heterocycles. The number of imidazole rings is 1. The summed E-state index contributed by atoms with van der Waals surface area (Å²) >= 11 is 0. The Morgan fingerprint density at radius 3 is 2.76 bits per heavy atom. The SMILES string of the molecule is Cc1ncc(CN)n1Cc1ccc(F)cc1F. The Morgan fingerprint density at radius 1 is 1.35 bits per heavy atom. The first-order valence-electron chi connectivity index (χ1n) is 5.27. The lowest BCUT2D eigenvalue weighted by Gasteiger charge is -2.10. The van der Waals surface area contributed by atoms with Crippen molar-refractivity contribution in [2.45, 2.75) is 20.0 Å². The van der Waals surface area contributed by atoms with E-state index in [1.54, 1.807) is 6.20 Å². The summed E-state index contributed by atoms with van der Waals surface area (Å²) in [4.78, 5) is 4.12. The number of benzene rings is 1. The number of rotatable bonds is 3. The fraction of sp³-hybridized carbons (Fsp3) is 0.250. The molecule has 1 aromatic heterocycles. The zero-order valence-corrected chi connectivity index (χ0v) is 9.45. The van der Waals surface area contributed by atoms with E-state index < -0.39 is 11.6 Å². The van der Waals surface area contributed by atoms with Crippen LogP contribution in [0.2, 0.25) is 0 Å². The van der Waals surface area contributed by atoms with E-state index in [0.717, 1.165) is 17.6 Å². The average molecular weight is 237 g/mol. The third-order valence-corrected chi connectivity index (χ3v) is 2.69. The maximum absolute atomic E-state index is 13.5. The highest BCUT2D eigenvalue weighted by molar-refractivity contribution is 5.20. The quantitative estimate of drug-likeness (QED) is 0.887. The van der Waals surface area contributed by atoms with Crippen LogP contribution in [0, 0.1) is 18.6 Å². The Morgan fingerprint density at radius 2 is 2.12 bits per heavy atom. The molecule has 2 aromatic rings. The molecule has 17 heavy (non-hydrogen) atoms. The van der Waals surface area contributed by atoms with Crippen LogP contribution >= 0.6 is 0 Å². The van der Waals surface area contributed by atoms with Crippen LogP contribution in [0.4, 0.5) is 8.78 Å². The van der Waals surface area contributed by atoms with E-state index >= 15 is 0 Å². The Labute approximate surface area is 97.9 Å². The highest BCUT2D eigenvalue weighted by atomic mass is 19.1. The lowest BCUT2D eigenvalue weighted by atomic mass is 10.2. The zero-order valence-electron chi connectivity index (χ0n) is 9.45. The van der Waals surface area contributed by atoms with Crippen molar-refractivity contribution in [1.82, 2.24) is 9.55 Å². The summed E-state index contributed by atoms with van der Waals surface area (Å²) in [7, 11) is 0. The van der Waals surface area contributed by atoms with Gasteiger partial charge < -0.3 is 10.3 Å². The highest BCUT2D eigenvalue weighted by Gasteiger charge is 2.09. The molecule has 0 aliphatic heterocycles. The number of hydrogen-bond donors (Lipinski definition) is 1. The Kier molecular flexibility index (Phi) is 3.19. The summed E-state index contributed by atoms with van der Waals surface area (Å²) in [5.74, 6) is -0.372. The number of nitrogens with two attached hydrogens (primary N) is 1. The van der Waals surface area contributed by atoms with Gasteiger partial charge in [0.05, 0.1) is 12.2 Å². The third-order valence-electron chi connectivity index (χ3n) is 2.69. The van der Waals surface area contributed by atoms with Gasteiger partial charge in [0.1, 0.15) is 17.5 Å². The van der Waals surface area contributed by atoms with E-state index in [4.69, 9.17) is 5.73 Å². The van der Waals surface area contributed by atoms with Crippen LogP contribution in [-0.2, 0) is 13.1 Å². The van der Waals surface area contributed by atoms with Crippen molar-refractivity contribution in [2.24, 2.45) is 5.73 Å². The van der Waals surface area contributed by atoms with Crippen molar-refractivity contribution < 1.29 is 8.78 Å². The molecule has 1 heterocycles. The Balaban J connectivity index is 2.34. The summed E-state index contributed by atoms with van der Waals surface area (Å²) < 4.78 is 28.1. The van der Waals surface area contributed by atoms with Gasteiger partial charge in [0.15, 0.2) is 0 Å². The van der Waals surface area contributed by atoms with Crippen LogP contribution in [0.5, 0.6) is 0 Å². The summed E-state index contributed by atoms with van der Waals surface area (Å²) in [5.41, 5.74) is 6.81. The molecule has 0 spiro atoms. The summed E-state index contributed by atoms with van der Waals surface area (Å²) in [5, 5.41) is 0. The molecule has 0 radical (unpaired) electrons. The number of aromatic nitrogens is 2. The number of halogens is 2. The van der Waals surface area contributed by atoms with Crippen molar-refractivity contribution in [3.8, 4) is 0 Å². The van der Waals surface area contributed by atoms with E-state index in [1.165, 1.54) is 12.1 Å². The maximum Gasteiger partial charge on any atom is 0.131 e. The van der Waals surface area contributed by atoms with E-state index in [-0.39, 0.29) is 0 Å². The van der Waals surface area contributed by atoms with Gasteiger partial charge in [-0.15, -0.1) is 0 Å². The second-order valence-electron chi connectivity index (χ2n) is 3.82. The van der Waals surface area contributed by atoms with Crippen LogP contribution in [-0.4, -0.2) is 9.55 Å². The smallest absolute Gasteiger partial charge is 0.131 e. The molecule has 0 fully saturated rings. The fourth-order valence-corrected chi connectivity index (χ4v) is 1.71. The lowest BCUT2D eigenvalue weighted by Crippen LogP contribution is -2.10. The fourth-order valence-electron chi connectivity index (χ4n) is 1.71. The molecule has 90 valence electrons. The van der Waals surface area contributed by atoms with Crippen LogP contribution in [0.25, 0.3) is 0 Å². The summed E-state index contributed by atoms with van der Waals surface area (Å²) in [6.07, 6.45) is 1.66. The van der Waals surface area contributed by atoms with Crippen molar-refractivity contribution in [3.05, 3.63) is 53.1 Å². The Bertz CT molecular complexity index is 535. The minimum atomic E-state index is -0.576. The lowest BCUT2D eigenvalue weighted by molar-refractivity contribution is 0.562. The standard InChI is InChI=1S/C12H13F2N3/c1-8-16-6-11(5-15)17(8)7-9-2-3-10(13)4-12(9)14/h2-4,6H,5,7,15H2,1H3. The van der Waals surface area contributed by atoms with E-state index in [2.05, 4.69) is 4.98 Å². The van der Waals surface area contributed by atoms with Crippen LogP contribution in [0.15, 0.2) is 24.4 Å². The summed E-state index contributed by atoms with van der Waals surface area (Å²) in [6, 6.07) is 3.56. The van der Waals surface area contributed by atoms with Crippen molar-refractivity contribution >= 4 is 0 Å². The summed E-state index contributed by atoms with van der Waals surface area (Å²) in [6.45, 7) is 2.47.